The van der Waals surface area contributed by atoms with E-state index in [4.69, 9.17) is 5.73 Å². The van der Waals surface area contributed by atoms with Crippen molar-refractivity contribution in [1.82, 2.24) is 9.97 Å². The van der Waals surface area contributed by atoms with Crippen molar-refractivity contribution in [2.24, 2.45) is 5.73 Å². The summed E-state index contributed by atoms with van der Waals surface area (Å²) in [5.41, 5.74) is 9.95. The maximum absolute atomic E-state index is 15.3. The van der Waals surface area contributed by atoms with Crippen LogP contribution >= 0.6 is 0 Å². The number of halogens is 1. The van der Waals surface area contributed by atoms with Crippen LogP contribution in [0.15, 0.2) is 67.0 Å². The Morgan fingerprint density at radius 3 is 2.18 bits per heavy atom. The lowest BCUT2D eigenvalue weighted by atomic mass is 10.0. The average Bonchev–Trinajstić information content (AvgIpc) is 2.83. The van der Waals surface area contributed by atoms with E-state index in [9.17, 15) is 4.79 Å². The number of primary amides is 1. The highest BCUT2D eigenvalue weighted by Gasteiger charge is 2.15. The molecule has 0 spiro atoms. The molecule has 1 heterocycles. The minimum absolute atomic E-state index is 0.216. The molecular formula is C28H29FN4O. The number of hydrogen-bond acceptors (Lipinski definition) is 4. The number of fused-ring (bicyclic) bond motifs is 1. The fourth-order valence-electron chi connectivity index (χ4n) is 4.14. The lowest BCUT2D eigenvalue weighted by Gasteiger charge is -2.20. The molecular weight excluding hydrogens is 427 g/mol. The molecule has 0 fully saturated rings. The first-order valence-corrected chi connectivity index (χ1v) is 11.5. The second-order valence-electron chi connectivity index (χ2n) is 8.64. The van der Waals surface area contributed by atoms with Gasteiger partial charge in [0.2, 0.25) is 5.91 Å². The second kappa shape index (κ2) is 10.4. The van der Waals surface area contributed by atoms with E-state index >= 15 is 4.39 Å². The Bertz CT molecular complexity index is 1300. The number of aryl methyl sites for hydroxylation is 3. The van der Waals surface area contributed by atoms with E-state index in [2.05, 4.69) is 53.3 Å². The van der Waals surface area contributed by atoms with E-state index in [1.807, 2.05) is 36.2 Å². The fourth-order valence-corrected chi connectivity index (χ4v) is 4.14. The molecule has 0 saturated carbocycles. The summed E-state index contributed by atoms with van der Waals surface area (Å²) >= 11 is 0. The standard InChI is InChI=1S/C28H29FN4O/c1-3-19-8-11-24-15-22(9-12-23(24)14-19)17-33(2)28-27(29)25(31-18-32-28)13-10-20-4-6-21(7-5-20)16-26(30)34/h4-9,11-12,14-15,18H,3,10,13,16-17H2,1-2H3,(H2,30,34). The Labute approximate surface area is 199 Å². The van der Waals surface area contributed by atoms with Crippen molar-refractivity contribution in [3.05, 3.63) is 101 Å². The van der Waals surface area contributed by atoms with Gasteiger partial charge in [-0.15, -0.1) is 0 Å². The second-order valence-corrected chi connectivity index (χ2v) is 8.64. The van der Waals surface area contributed by atoms with Crippen molar-refractivity contribution in [3.63, 3.8) is 0 Å². The Kier molecular flexibility index (Phi) is 7.16. The molecule has 6 heteroatoms. The minimum Gasteiger partial charge on any atom is -0.369 e. The Balaban J connectivity index is 1.44. The van der Waals surface area contributed by atoms with Gasteiger partial charge in [-0.25, -0.2) is 14.4 Å². The molecule has 34 heavy (non-hydrogen) atoms. The fraction of sp³-hybridized carbons (Fsp3) is 0.250. The summed E-state index contributed by atoms with van der Waals surface area (Å²) in [6.45, 7) is 2.69. The maximum atomic E-state index is 15.3. The van der Waals surface area contributed by atoms with Crippen LogP contribution < -0.4 is 10.6 Å². The molecule has 0 radical (unpaired) electrons. The third kappa shape index (κ3) is 5.57. The zero-order valence-electron chi connectivity index (χ0n) is 19.6. The summed E-state index contributed by atoms with van der Waals surface area (Å²) in [6.07, 6.45) is 3.75. The molecule has 0 atom stereocenters. The zero-order valence-corrected chi connectivity index (χ0v) is 19.6. The predicted octanol–water partition coefficient (Wildman–Crippen LogP) is 4.78. The smallest absolute Gasteiger partial charge is 0.221 e. The van der Waals surface area contributed by atoms with E-state index in [-0.39, 0.29) is 18.1 Å². The summed E-state index contributed by atoms with van der Waals surface area (Å²) in [6, 6.07) is 20.5. The molecule has 174 valence electrons. The molecule has 5 nitrogen and oxygen atoms in total. The molecule has 0 aliphatic rings. The molecule has 3 aromatic carbocycles. The Morgan fingerprint density at radius 1 is 0.882 bits per heavy atom. The first-order valence-electron chi connectivity index (χ1n) is 11.5. The molecule has 1 amide bonds. The van der Waals surface area contributed by atoms with Gasteiger partial charge in [-0.1, -0.05) is 61.5 Å². The van der Waals surface area contributed by atoms with Gasteiger partial charge in [0.15, 0.2) is 11.6 Å². The van der Waals surface area contributed by atoms with Crippen molar-refractivity contribution in [3.8, 4) is 0 Å². The van der Waals surface area contributed by atoms with Gasteiger partial charge >= 0.3 is 0 Å². The van der Waals surface area contributed by atoms with Crippen LogP contribution in [0.5, 0.6) is 0 Å². The monoisotopic (exact) mass is 456 g/mol. The first kappa shape index (κ1) is 23.4. The molecule has 4 rings (SSSR count). The number of nitrogens with two attached hydrogens (primary N) is 1. The summed E-state index contributed by atoms with van der Waals surface area (Å²) in [5.74, 6) is -0.450. The highest BCUT2D eigenvalue weighted by molar-refractivity contribution is 5.84. The minimum atomic E-state index is -0.385. The Hall–Kier alpha value is -3.80. The summed E-state index contributed by atoms with van der Waals surface area (Å²) in [7, 11) is 1.84. The number of nitrogens with zero attached hydrogens (tertiary/aromatic N) is 3. The Morgan fingerprint density at radius 2 is 1.50 bits per heavy atom. The number of anilines is 1. The van der Waals surface area contributed by atoms with Crippen LogP contribution in [0, 0.1) is 5.82 Å². The topological polar surface area (TPSA) is 72.1 Å². The number of carbonyl (C=O) groups is 1. The molecule has 4 aromatic rings. The third-order valence-corrected chi connectivity index (χ3v) is 6.05. The number of hydrogen-bond donors (Lipinski definition) is 1. The van der Waals surface area contributed by atoms with E-state index in [0.29, 0.717) is 30.9 Å². The molecule has 0 bridgehead atoms. The summed E-state index contributed by atoms with van der Waals surface area (Å²) in [5, 5.41) is 2.39. The average molecular weight is 457 g/mol. The highest BCUT2D eigenvalue weighted by atomic mass is 19.1. The van der Waals surface area contributed by atoms with Crippen LogP contribution in [0.3, 0.4) is 0 Å². The van der Waals surface area contributed by atoms with Gasteiger partial charge in [0.25, 0.3) is 0 Å². The molecule has 0 aliphatic carbocycles. The van der Waals surface area contributed by atoms with E-state index in [1.54, 1.807) is 0 Å². The van der Waals surface area contributed by atoms with Crippen LogP contribution in [-0.2, 0) is 37.0 Å². The third-order valence-electron chi connectivity index (χ3n) is 6.05. The van der Waals surface area contributed by atoms with Gasteiger partial charge in [0.05, 0.1) is 12.1 Å². The van der Waals surface area contributed by atoms with E-state index < -0.39 is 0 Å². The lowest BCUT2D eigenvalue weighted by molar-refractivity contribution is -0.117. The SMILES string of the molecule is CCc1ccc2cc(CN(C)c3ncnc(CCc4ccc(CC(N)=O)cc4)c3F)ccc2c1. The number of rotatable bonds is 9. The number of aromatic nitrogens is 2. The lowest BCUT2D eigenvalue weighted by Crippen LogP contribution is -2.20. The van der Waals surface area contributed by atoms with Crippen LogP contribution in [0.25, 0.3) is 10.8 Å². The van der Waals surface area contributed by atoms with Crippen LogP contribution in [0.4, 0.5) is 10.2 Å². The quantitative estimate of drug-likeness (QED) is 0.393. The van der Waals surface area contributed by atoms with Gasteiger partial charge < -0.3 is 10.6 Å². The predicted molar refractivity (Wildman–Crippen MR) is 134 cm³/mol. The molecule has 1 aromatic heterocycles. The summed E-state index contributed by atoms with van der Waals surface area (Å²) < 4.78 is 15.3. The van der Waals surface area contributed by atoms with Crippen molar-refractivity contribution in [2.75, 3.05) is 11.9 Å². The largest absolute Gasteiger partial charge is 0.369 e. The van der Waals surface area contributed by atoms with Crippen molar-refractivity contribution in [1.29, 1.82) is 0 Å². The van der Waals surface area contributed by atoms with Gasteiger partial charge in [0.1, 0.15) is 6.33 Å². The van der Waals surface area contributed by atoms with Gasteiger partial charge in [0, 0.05) is 13.6 Å². The van der Waals surface area contributed by atoms with Crippen LogP contribution in [0.1, 0.15) is 34.9 Å². The van der Waals surface area contributed by atoms with E-state index in [1.165, 1.54) is 22.7 Å². The normalized spacial score (nSPS) is 11.0. The van der Waals surface area contributed by atoms with Crippen LogP contribution in [0.2, 0.25) is 0 Å². The van der Waals surface area contributed by atoms with Gasteiger partial charge in [-0.2, -0.15) is 0 Å². The summed E-state index contributed by atoms with van der Waals surface area (Å²) in [4.78, 5) is 21.3. The van der Waals surface area contributed by atoms with Crippen molar-refractivity contribution in [2.45, 2.75) is 39.2 Å². The number of carbonyl (C=O) groups excluding carboxylic acids is 1. The molecule has 2 N–H and O–H groups in total. The van der Waals surface area contributed by atoms with E-state index in [0.717, 1.165) is 23.1 Å². The van der Waals surface area contributed by atoms with Crippen LogP contribution in [-0.4, -0.2) is 22.9 Å². The molecule has 0 aliphatic heterocycles. The maximum Gasteiger partial charge on any atom is 0.221 e. The van der Waals surface area contributed by atoms with Crippen molar-refractivity contribution < 1.29 is 9.18 Å². The number of amides is 1. The first-order chi connectivity index (χ1) is 16.4. The molecule has 0 saturated heterocycles. The number of benzene rings is 3. The van der Waals surface area contributed by atoms with Crippen molar-refractivity contribution >= 4 is 22.5 Å². The van der Waals surface area contributed by atoms with Gasteiger partial charge in [-0.3, -0.25) is 4.79 Å². The zero-order chi connectivity index (χ0) is 24.1. The van der Waals surface area contributed by atoms with Gasteiger partial charge in [-0.05, 0) is 58.4 Å². The molecule has 0 unspecified atom stereocenters. The highest BCUT2D eigenvalue weighted by Crippen LogP contribution is 2.23.